The van der Waals surface area contributed by atoms with E-state index in [9.17, 15) is 0 Å². The smallest absolute Gasteiger partial charge is 0.171 e. The molecule has 31 heavy (non-hydrogen) atoms. The maximum absolute atomic E-state index is 6.24. The molecule has 3 aliphatic rings. The van der Waals surface area contributed by atoms with Crippen LogP contribution < -0.4 is 0 Å². The highest BCUT2D eigenvalue weighted by Gasteiger charge is 2.60. The minimum Gasteiger partial charge on any atom is -0.347 e. The standard InChI is InChI=1S/C26H27N3O2/c1-18-22-8-7-20-17-28-24(19-9-13-27-14-10-19)29-23(20)25(22,21-5-3-2-4-6-21)11-12-26(18)30-15-16-31-26/h2-6,9-10,13-14,17-18,22H,7-8,11-12,15-16H2,1H3/t18-,22-,25+/m0/s1. The van der Waals surface area contributed by atoms with Crippen molar-refractivity contribution in [2.75, 3.05) is 13.2 Å². The number of fused-ring (bicyclic) bond motifs is 3. The van der Waals surface area contributed by atoms with E-state index in [0.29, 0.717) is 19.1 Å². The highest BCUT2D eigenvalue weighted by Crippen LogP contribution is 2.59. The predicted octanol–water partition coefficient (Wildman–Crippen LogP) is 4.56. The summed E-state index contributed by atoms with van der Waals surface area (Å²) in [7, 11) is 0. The topological polar surface area (TPSA) is 57.1 Å². The number of hydrogen-bond acceptors (Lipinski definition) is 5. The number of pyridine rings is 1. The summed E-state index contributed by atoms with van der Waals surface area (Å²) < 4.78 is 12.5. The van der Waals surface area contributed by atoms with Gasteiger partial charge in [-0.25, -0.2) is 9.97 Å². The zero-order valence-corrected chi connectivity index (χ0v) is 17.8. The molecule has 5 nitrogen and oxygen atoms in total. The van der Waals surface area contributed by atoms with Gasteiger partial charge >= 0.3 is 0 Å². The molecule has 0 unspecified atom stereocenters. The first-order valence-corrected chi connectivity index (χ1v) is 11.3. The summed E-state index contributed by atoms with van der Waals surface area (Å²) in [5.41, 5.74) is 4.66. The van der Waals surface area contributed by atoms with Crippen LogP contribution >= 0.6 is 0 Å². The van der Waals surface area contributed by atoms with Gasteiger partial charge in [-0.05, 0) is 48.4 Å². The Morgan fingerprint density at radius 1 is 0.968 bits per heavy atom. The molecule has 1 saturated carbocycles. The molecular formula is C26H27N3O2. The summed E-state index contributed by atoms with van der Waals surface area (Å²) >= 11 is 0. The first kappa shape index (κ1) is 19.1. The molecule has 1 aliphatic heterocycles. The lowest BCUT2D eigenvalue weighted by Crippen LogP contribution is -2.57. The molecule has 3 aromatic rings. The second-order valence-electron chi connectivity index (χ2n) is 9.08. The van der Waals surface area contributed by atoms with Crippen LogP contribution in [0.1, 0.15) is 43.0 Å². The van der Waals surface area contributed by atoms with Gasteiger partial charge in [-0.1, -0.05) is 37.3 Å². The average molecular weight is 414 g/mol. The molecule has 158 valence electrons. The third-order valence-corrected chi connectivity index (χ3v) is 7.81. The Balaban J connectivity index is 1.54. The van der Waals surface area contributed by atoms with Gasteiger partial charge in [-0.2, -0.15) is 0 Å². The molecular weight excluding hydrogens is 386 g/mol. The molecule has 1 aromatic carbocycles. The fraction of sp³-hybridized carbons (Fsp3) is 0.423. The number of aromatic nitrogens is 3. The van der Waals surface area contributed by atoms with Crippen LogP contribution in [-0.4, -0.2) is 34.0 Å². The van der Waals surface area contributed by atoms with Crippen LogP contribution in [0.3, 0.4) is 0 Å². The largest absolute Gasteiger partial charge is 0.347 e. The molecule has 2 aromatic heterocycles. The van der Waals surface area contributed by atoms with Crippen molar-refractivity contribution in [3.63, 3.8) is 0 Å². The molecule has 3 heterocycles. The maximum Gasteiger partial charge on any atom is 0.171 e. The summed E-state index contributed by atoms with van der Waals surface area (Å²) in [4.78, 5) is 14.1. The van der Waals surface area contributed by atoms with Crippen LogP contribution in [0.15, 0.2) is 61.1 Å². The highest BCUT2D eigenvalue weighted by atomic mass is 16.7. The molecule has 0 radical (unpaired) electrons. The number of ether oxygens (including phenoxy) is 2. The van der Waals surface area contributed by atoms with E-state index < -0.39 is 5.79 Å². The number of rotatable bonds is 2. The van der Waals surface area contributed by atoms with Crippen molar-refractivity contribution in [1.82, 2.24) is 15.0 Å². The van der Waals surface area contributed by atoms with Crippen LogP contribution in [0.25, 0.3) is 11.4 Å². The van der Waals surface area contributed by atoms with E-state index in [1.807, 2.05) is 12.1 Å². The summed E-state index contributed by atoms with van der Waals surface area (Å²) in [5, 5.41) is 0. The molecule has 6 rings (SSSR count). The zero-order valence-electron chi connectivity index (χ0n) is 17.8. The Morgan fingerprint density at radius 2 is 1.74 bits per heavy atom. The van der Waals surface area contributed by atoms with E-state index in [1.54, 1.807) is 12.4 Å². The summed E-state index contributed by atoms with van der Waals surface area (Å²) in [6.45, 7) is 3.71. The third-order valence-electron chi connectivity index (χ3n) is 7.81. The van der Waals surface area contributed by atoms with Crippen LogP contribution in [0, 0.1) is 11.8 Å². The van der Waals surface area contributed by atoms with E-state index in [2.05, 4.69) is 48.4 Å². The van der Waals surface area contributed by atoms with Crippen molar-refractivity contribution in [3.8, 4) is 11.4 Å². The quantitative estimate of drug-likeness (QED) is 0.616. The van der Waals surface area contributed by atoms with Crippen LogP contribution in [0.5, 0.6) is 0 Å². The van der Waals surface area contributed by atoms with Gasteiger partial charge in [-0.15, -0.1) is 0 Å². The molecule has 0 bridgehead atoms. The predicted molar refractivity (Wildman–Crippen MR) is 117 cm³/mol. The Kier molecular flexibility index (Phi) is 4.44. The summed E-state index contributed by atoms with van der Waals surface area (Å²) in [6.07, 6.45) is 9.58. The molecule has 3 atom stereocenters. The number of nitrogens with zero attached hydrogens (tertiary/aromatic N) is 3. The van der Waals surface area contributed by atoms with Gasteiger partial charge in [0.2, 0.25) is 0 Å². The Bertz CT molecular complexity index is 1080. The van der Waals surface area contributed by atoms with Crippen molar-refractivity contribution in [1.29, 1.82) is 0 Å². The van der Waals surface area contributed by atoms with Crippen molar-refractivity contribution in [3.05, 3.63) is 77.9 Å². The molecule has 0 amide bonds. The first-order chi connectivity index (χ1) is 15.2. The second-order valence-corrected chi connectivity index (χ2v) is 9.08. The number of benzene rings is 1. The van der Waals surface area contributed by atoms with Crippen LogP contribution in [0.4, 0.5) is 0 Å². The van der Waals surface area contributed by atoms with E-state index in [4.69, 9.17) is 19.4 Å². The van der Waals surface area contributed by atoms with E-state index in [-0.39, 0.29) is 11.3 Å². The van der Waals surface area contributed by atoms with Crippen LogP contribution in [0.2, 0.25) is 0 Å². The zero-order chi connectivity index (χ0) is 20.9. The number of hydrogen-bond donors (Lipinski definition) is 0. The number of aryl methyl sites for hydroxylation is 1. The van der Waals surface area contributed by atoms with Crippen molar-refractivity contribution < 1.29 is 9.47 Å². The lowest BCUT2D eigenvalue weighted by Gasteiger charge is -2.55. The van der Waals surface area contributed by atoms with Crippen molar-refractivity contribution in [2.45, 2.75) is 43.8 Å². The summed E-state index contributed by atoms with van der Waals surface area (Å²) in [6, 6.07) is 14.9. The van der Waals surface area contributed by atoms with Crippen molar-refractivity contribution >= 4 is 0 Å². The molecule has 0 N–H and O–H groups in total. The lowest BCUT2D eigenvalue weighted by molar-refractivity contribution is -0.232. The van der Waals surface area contributed by atoms with Gasteiger partial charge in [-0.3, -0.25) is 4.98 Å². The first-order valence-electron chi connectivity index (χ1n) is 11.3. The van der Waals surface area contributed by atoms with Gasteiger partial charge in [0.1, 0.15) is 0 Å². The summed E-state index contributed by atoms with van der Waals surface area (Å²) in [5.74, 6) is 1.02. The normalized spacial score (nSPS) is 28.8. The molecule has 1 spiro atoms. The highest BCUT2D eigenvalue weighted by molar-refractivity contribution is 5.56. The van der Waals surface area contributed by atoms with Gasteiger partial charge in [0.25, 0.3) is 0 Å². The average Bonchev–Trinajstić information content (AvgIpc) is 3.32. The van der Waals surface area contributed by atoms with Gasteiger partial charge in [0.05, 0.1) is 18.9 Å². The molecule has 5 heteroatoms. The second kappa shape index (κ2) is 7.21. The van der Waals surface area contributed by atoms with E-state index in [0.717, 1.165) is 37.1 Å². The Hall–Kier alpha value is -2.63. The fourth-order valence-electron chi connectivity index (χ4n) is 6.34. The monoisotopic (exact) mass is 413 g/mol. The Morgan fingerprint density at radius 3 is 2.52 bits per heavy atom. The minimum absolute atomic E-state index is 0.153. The maximum atomic E-state index is 6.24. The van der Waals surface area contributed by atoms with Gasteiger partial charge in [0, 0.05) is 41.9 Å². The lowest BCUT2D eigenvalue weighted by atomic mass is 9.52. The molecule has 1 saturated heterocycles. The van der Waals surface area contributed by atoms with E-state index >= 15 is 0 Å². The van der Waals surface area contributed by atoms with Crippen molar-refractivity contribution in [2.24, 2.45) is 11.8 Å². The SMILES string of the molecule is C[C@H]1[C@@H]2CCc3cnc(-c4ccncc4)nc3[C@@]2(c2ccccc2)CCC12OCCO2. The van der Waals surface area contributed by atoms with Crippen LogP contribution in [-0.2, 0) is 21.3 Å². The van der Waals surface area contributed by atoms with Gasteiger partial charge < -0.3 is 9.47 Å². The molecule has 2 fully saturated rings. The fourth-order valence-corrected chi connectivity index (χ4v) is 6.34. The van der Waals surface area contributed by atoms with Gasteiger partial charge in [0.15, 0.2) is 11.6 Å². The third kappa shape index (κ3) is 2.80. The van der Waals surface area contributed by atoms with E-state index in [1.165, 1.54) is 16.8 Å². The Labute approximate surface area is 182 Å². The minimum atomic E-state index is -0.443. The molecule has 2 aliphatic carbocycles.